The molecular weight excluding hydrogens is 256 g/mol. The summed E-state index contributed by atoms with van der Waals surface area (Å²) in [4.78, 5) is 14.1. The molecule has 3 fully saturated rings. The largest absolute Gasteiger partial charge is 0.480 e. The van der Waals surface area contributed by atoms with Crippen LogP contribution in [0.3, 0.4) is 0 Å². The lowest BCUT2D eigenvalue weighted by molar-refractivity contribution is -0.145. The first kappa shape index (κ1) is 14.3. The molecule has 5 nitrogen and oxygen atoms in total. The van der Waals surface area contributed by atoms with Crippen LogP contribution < -0.4 is 5.32 Å². The number of rotatable bonds is 3. The molecule has 4 unspecified atom stereocenters. The van der Waals surface area contributed by atoms with E-state index in [0.717, 1.165) is 32.4 Å². The van der Waals surface area contributed by atoms with Gasteiger partial charge in [0, 0.05) is 18.6 Å². The first-order chi connectivity index (χ1) is 9.66. The molecule has 4 atom stereocenters. The Hall–Kier alpha value is -0.650. The standard InChI is InChI=1S/C15H26N2O3/c1-16-15(14(18)19)7-6-11(10-15)17-8-9-20-13-5-3-2-4-12(13)17/h11-13,16H,2-10H2,1H3,(H,18,19). The van der Waals surface area contributed by atoms with Gasteiger partial charge in [-0.1, -0.05) is 12.8 Å². The number of aliphatic carboxylic acids is 1. The number of hydrogen-bond donors (Lipinski definition) is 2. The van der Waals surface area contributed by atoms with Gasteiger partial charge in [0.05, 0.1) is 12.7 Å². The molecule has 0 aromatic heterocycles. The highest BCUT2D eigenvalue weighted by atomic mass is 16.5. The van der Waals surface area contributed by atoms with Crippen molar-refractivity contribution >= 4 is 5.97 Å². The number of nitrogens with one attached hydrogen (secondary N) is 1. The summed E-state index contributed by atoms with van der Waals surface area (Å²) in [5.41, 5.74) is -0.715. The van der Waals surface area contributed by atoms with Gasteiger partial charge in [-0.3, -0.25) is 9.69 Å². The third-order valence-corrected chi connectivity index (χ3v) is 5.62. The Morgan fingerprint density at radius 2 is 2.15 bits per heavy atom. The summed E-state index contributed by atoms with van der Waals surface area (Å²) in [7, 11) is 1.78. The van der Waals surface area contributed by atoms with Crippen molar-refractivity contribution in [2.24, 2.45) is 0 Å². The predicted octanol–water partition coefficient (Wildman–Crippen LogP) is 1.23. The van der Waals surface area contributed by atoms with Crippen molar-refractivity contribution in [3.8, 4) is 0 Å². The van der Waals surface area contributed by atoms with Crippen LogP contribution in [0.1, 0.15) is 44.9 Å². The minimum Gasteiger partial charge on any atom is -0.480 e. The lowest BCUT2D eigenvalue weighted by atomic mass is 9.88. The molecule has 0 aromatic carbocycles. The van der Waals surface area contributed by atoms with Crippen molar-refractivity contribution in [3.05, 3.63) is 0 Å². The summed E-state index contributed by atoms with van der Waals surface area (Å²) in [5.74, 6) is -0.698. The third kappa shape index (κ3) is 2.36. The number of carbonyl (C=O) groups is 1. The van der Waals surface area contributed by atoms with Gasteiger partial charge in [0.15, 0.2) is 0 Å². The van der Waals surface area contributed by atoms with Crippen LogP contribution in [0, 0.1) is 0 Å². The van der Waals surface area contributed by atoms with Crippen molar-refractivity contribution in [2.75, 3.05) is 20.2 Å². The minimum atomic E-state index is -0.715. The molecule has 0 radical (unpaired) electrons. The zero-order chi connectivity index (χ0) is 14.2. The number of carboxylic acid groups (broad SMARTS) is 1. The number of likely N-dealkylation sites (N-methyl/N-ethyl adjacent to an activating group) is 1. The van der Waals surface area contributed by atoms with Crippen LogP contribution in [0.2, 0.25) is 0 Å². The number of morpholine rings is 1. The Morgan fingerprint density at radius 3 is 2.85 bits per heavy atom. The maximum absolute atomic E-state index is 11.6. The summed E-state index contributed by atoms with van der Waals surface area (Å²) < 4.78 is 5.92. The fraction of sp³-hybridized carbons (Fsp3) is 0.933. The summed E-state index contributed by atoms with van der Waals surface area (Å²) in [6.45, 7) is 1.77. The van der Waals surface area contributed by atoms with Crippen LogP contribution >= 0.6 is 0 Å². The fourth-order valence-electron chi connectivity index (χ4n) is 4.41. The monoisotopic (exact) mass is 282 g/mol. The zero-order valence-corrected chi connectivity index (χ0v) is 12.3. The molecule has 20 heavy (non-hydrogen) atoms. The molecule has 2 saturated carbocycles. The van der Waals surface area contributed by atoms with Gasteiger partial charge in [-0.05, 0) is 39.2 Å². The molecule has 0 aromatic rings. The van der Waals surface area contributed by atoms with E-state index in [9.17, 15) is 9.90 Å². The molecule has 1 heterocycles. The topological polar surface area (TPSA) is 61.8 Å². The number of carboxylic acids is 1. The first-order valence-corrected chi connectivity index (χ1v) is 7.96. The average Bonchev–Trinajstić information content (AvgIpc) is 2.92. The van der Waals surface area contributed by atoms with Crippen LogP contribution in [0.4, 0.5) is 0 Å². The second-order valence-electron chi connectivity index (χ2n) is 6.53. The predicted molar refractivity (Wildman–Crippen MR) is 75.8 cm³/mol. The van der Waals surface area contributed by atoms with Crippen molar-refractivity contribution < 1.29 is 14.6 Å². The molecule has 114 valence electrons. The smallest absolute Gasteiger partial charge is 0.323 e. The molecule has 0 bridgehead atoms. The molecule has 1 saturated heterocycles. The van der Waals surface area contributed by atoms with Gasteiger partial charge in [0.25, 0.3) is 0 Å². The van der Waals surface area contributed by atoms with E-state index in [1.54, 1.807) is 7.05 Å². The van der Waals surface area contributed by atoms with Crippen LogP contribution in [0.5, 0.6) is 0 Å². The Morgan fingerprint density at radius 1 is 1.35 bits per heavy atom. The number of hydrogen-bond acceptors (Lipinski definition) is 4. The second-order valence-corrected chi connectivity index (χ2v) is 6.53. The van der Waals surface area contributed by atoms with E-state index >= 15 is 0 Å². The summed E-state index contributed by atoms with van der Waals surface area (Å²) in [6.07, 6.45) is 7.76. The summed E-state index contributed by atoms with van der Waals surface area (Å²) in [6, 6.07) is 0.914. The molecule has 3 aliphatic rings. The van der Waals surface area contributed by atoms with E-state index in [4.69, 9.17) is 4.74 Å². The van der Waals surface area contributed by atoms with E-state index in [2.05, 4.69) is 10.2 Å². The Balaban J connectivity index is 1.71. The number of nitrogens with zero attached hydrogens (tertiary/aromatic N) is 1. The summed E-state index contributed by atoms with van der Waals surface area (Å²) >= 11 is 0. The van der Waals surface area contributed by atoms with E-state index in [1.165, 1.54) is 25.7 Å². The Labute approximate surface area is 120 Å². The molecule has 0 spiro atoms. The first-order valence-electron chi connectivity index (χ1n) is 7.96. The van der Waals surface area contributed by atoms with Gasteiger partial charge in [-0.25, -0.2) is 0 Å². The van der Waals surface area contributed by atoms with Crippen LogP contribution in [0.15, 0.2) is 0 Å². The molecular formula is C15H26N2O3. The molecule has 3 rings (SSSR count). The van der Waals surface area contributed by atoms with Gasteiger partial charge < -0.3 is 15.2 Å². The highest BCUT2D eigenvalue weighted by Gasteiger charge is 2.48. The van der Waals surface area contributed by atoms with Crippen LogP contribution in [0.25, 0.3) is 0 Å². The number of ether oxygens (including phenoxy) is 1. The normalized spacial score (nSPS) is 42.4. The average molecular weight is 282 g/mol. The molecule has 5 heteroatoms. The lowest BCUT2D eigenvalue weighted by Crippen LogP contribution is -2.57. The Bertz CT molecular complexity index is 374. The highest BCUT2D eigenvalue weighted by molar-refractivity contribution is 5.79. The van der Waals surface area contributed by atoms with Crippen molar-refractivity contribution in [1.82, 2.24) is 10.2 Å². The maximum Gasteiger partial charge on any atom is 0.323 e. The van der Waals surface area contributed by atoms with E-state index < -0.39 is 11.5 Å². The zero-order valence-electron chi connectivity index (χ0n) is 12.3. The van der Waals surface area contributed by atoms with Gasteiger partial charge >= 0.3 is 5.97 Å². The van der Waals surface area contributed by atoms with Crippen LogP contribution in [-0.4, -0.2) is 59.9 Å². The Kier molecular flexibility index (Phi) is 4.02. The molecule has 0 amide bonds. The molecule has 2 aliphatic carbocycles. The quantitative estimate of drug-likeness (QED) is 0.815. The third-order valence-electron chi connectivity index (χ3n) is 5.62. The van der Waals surface area contributed by atoms with Crippen molar-refractivity contribution in [1.29, 1.82) is 0 Å². The molecule has 2 N–H and O–H groups in total. The van der Waals surface area contributed by atoms with Gasteiger partial charge in [-0.2, -0.15) is 0 Å². The second kappa shape index (κ2) is 5.62. The number of fused-ring (bicyclic) bond motifs is 1. The lowest BCUT2D eigenvalue weighted by Gasteiger charge is -2.46. The minimum absolute atomic E-state index is 0.381. The molecule has 1 aliphatic heterocycles. The van der Waals surface area contributed by atoms with Gasteiger partial charge in [0.2, 0.25) is 0 Å². The van der Waals surface area contributed by atoms with E-state index in [1.807, 2.05) is 0 Å². The maximum atomic E-state index is 11.6. The van der Waals surface area contributed by atoms with E-state index in [0.29, 0.717) is 18.2 Å². The SMILES string of the molecule is CNC1(C(=O)O)CCC(N2CCOC3CCCCC32)C1. The van der Waals surface area contributed by atoms with Gasteiger partial charge in [-0.15, -0.1) is 0 Å². The highest BCUT2D eigenvalue weighted by Crippen LogP contribution is 2.38. The van der Waals surface area contributed by atoms with E-state index in [-0.39, 0.29) is 0 Å². The fourth-order valence-corrected chi connectivity index (χ4v) is 4.41. The van der Waals surface area contributed by atoms with Crippen molar-refractivity contribution in [2.45, 2.75) is 68.7 Å². The van der Waals surface area contributed by atoms with Gasteiger partial charge in [0.1, 0.15) is 5.54 Å². The summed E-state index contributed by atoms with van der Waals surface area (Å²) in [5, 5.41) is 12.6. The van der Waals surface area contributed by atoms with Crippen molar-refractivity contribution in [3.63, 3.8) is 0 Å². The van der Waals surface area contributed by atoms with Crippen LogP contribution in [-0.2, 0) is 9.53 Å².